The lowest BCUT2D eigenvalue weighted by molar-refractivity contribution is -0.127. The van der Waals surface area contributed by atoms with Crippen molar-refractivity contribution in [3.63, 3.8) is 0 Å². The lowest BCUT2D eigenvalue weighted by atomic mass is 10.1. The summed E-state index contributed by atoms with van der Waals surface area (Å²) in [6.07, 6.45) is 2.37. The molecule has 0 N–H and O–H groups in total. The molecular formula is C24H25N3O3S2. The molecule has 3 aromatic heterocycles. The molecule has 0 aliphatic carbocycles. The fourth-order valence-electron chi connectivity index (χ4n) is 3.68. The van der Waals surface area contributed by atoms with Crippen LogP contribution in [-0.4, -0.2) is 33.2 Å². The molecule has 0 aliphatic heterocycles. The Morgan fingerprint density at radius 3 is 2.75 bits per heavy atom. The van der Waals surface area contributed by atoms with Crippen LogP contribution in [0.3, 0.4) is 0 Å². The van der Waals surface area contributed by atoms with Crippen molar-refractivity contribution in [3.8, 4) is 5.69 Å². The van der Waals surface area contributed by atoms with Crippen molar-refractivity contribution in [2.24, 2.45) is 0 Å². The number of thioether (sulfide) groups is 1. The second-order valence-electron chi connectivity index (χ2n) is 7.66. The van der Waals surface area contributed by atoms with Crippen LogP contribution in [-0.2, 0) is 17.8 Å². The van der Waals surface area contributed by atoms with Crippen molar-refractivity contribution >= 4 is 39.2 Å². The smallest absolute Gasteiger partial charge is 0.267 e. The summed E-state index contributed by atoms with van der Waals surface area (Å²) >= 11 is 2.82. The Morgan fingerprint density at radius 1 is 1.25 bits per heavy atom. The number of aryl methyl sites for hydroxylation is 3. The molecule has 0 saturated heterocycles. The highest BCUT2D eigenvalue weighted by Crippen LogP contribution is 2.30. The summed E-state index contributed by atoms with van der Waals surface area (Å²) < 4.78 is 6.98. The van der Waals surface area contributed by atoms with E-state index in [1.807, 2.05) is 44.2 Å². The number of carbonyl (C=O) groups is 1. The first-order chi connectivity index (χ1) is 15.4. The molecule has 0 bridgehead atoms. The predicted octanol–water partition coefficient (Wildman–Crippen LogP) is 4.97. The zero-order valence-electron chi connectivity index (χ0n) is 18.5. The molecule has 4 rings (SSSR count). The van der Waals surface area contributed by atoms with Gasteiger partial charge in [0, 0.05) is 11.9 Å². The molecule has 3 heterocycles. The fourth-order valence-corrected chi connectivity index (χ4v) is 5.78. The van der Waals surface area contributed by atoms with Gasteiger partial charge in [0.1, 0.15) is 10.6 Å². The van der Waals surface area contributed by atoms with Gasteiger partial charge in [-0.3, -0.25) is 14.2 Å². The number of rotatable bonds is 7. The van der Waals surface area contributed by atoms with Crippen molar-refractivity contribution in [1.82, 2.24) is 14.5 Å². The summed E-state index contributed by atoms with van der Waals surface area (Å²) in [6.45, 7) is 6.48. The van der Waals surface area contributed by atoms with Gasteiger partial charge in [0.15, 0.2) is 5.16 Å². The number of hydrogen-bond donors (Lipinski definition) is 0. The molecule has 0 atom stereocenters. The van der Waals surface area contributed by atoms with Gasteiger partial charge in [-0.05, 0) is 55.7 Å². The molecule has 0 fully saturated rings. The van der Waals surface area contributed by atoms with Crippen LogP contribution in [0.15, 0.2) is 57.0 Å². The van der Waals surface area contributed by atoms with Gasteiger partial charge in [-0.25, -0.2) is 4.98 Å². The molecule has 1 amide bonds. The molecule has 0 aliphatic rings. The van der Waals surface area contributed by atoms with Crippen LogP contribution in [0.5, 0.6) is 0 Å². The van der Waals surface area contributed by atoms with E-state index in [1.165, 1.54) is 23.1 Å². The van der Waals surface area contributed by atoms with Gasteiger partial charge < -0.3 is 9.32 Å². The Labute approximate surface area is 194 Å². The van der Waals surface area contributed by atoms with Gasteiger partial charge >= 0.3 is 0 Å². The molecule has 0 unspecified atom stereocenters. The van der Waals surface area contributed by atoms with Crippen molar-refractivity contribution in [3.05, 3.63) is 74.8 Å². The summed E-state index contributed by atoms with van der Waals surface area (Å²) in [6, 6.07) is 11.4. The summed E-state index contributed by atoms with van der Waals surface area (Å²) in [5.74, 6) is 0.836. The largest absolute Gasteiger partial charge is 0.467 e. The highest BCUT2D eigenvalue weighted by atomic mass is 32.2. The Hall–Kier alpha value is -2.84. The Bertz CT molecular complexity index is 1320. The Balaban J connectivity index is 1.72. The van der Waals surface area contributed by atoms with Crippen LogP contribution in [0.2, 0.25) is 0 Å². The van der Waals surface area contributed by atoms with E-state index in [0.717, 1.165) is 38.7 Å². The highest BCUT2D eigenvalue weighted by molar-refractivity contribution is 7.99. The molecule has 8 heteroatoms. The van der Waals surface area contributed by atoms with E-state index in [2.05, 4.69) is 6.92 Å². The average molecular weight is 468 g/mol. The number of fused-ring (bicyclic) bond motifs is 1. The number of thiophene rings is 1. The SMILES string of the molecule is CCc1c(C)sc2nc(SCC(=O)N(C)Cc3ccco3)n(-c3cccc(C)c3)c(=O)c12. The van der Waals surface area contributed by atoms with Crippen LogP contribution < -0.4 is 5.56 Å². The van der Waals surface area contributed by atoms with E-state index in [1.54, 1.807) is 28.8 Å². The lowest BCUT2D eigenvalue weighted by Crippen LogP contribution is -2.28. The normalized spacial score (nSPS) is 11.2. The van der Waals surface area contributed by atoms with Crippen molar-refractivity contribution in [1.29, 1.82) is 0 Å². The van der Waals surface area contributed by atoms with Crippen LogP contribution >= 0.6 is 23.1 Å². The molecule has 4 aromatic rings. The number of furan rings is 1. The Kier molecular flexibility index (Phi) is 6.53. The Morgan fingerprint density at radius 2 is 2.06 bits per heavy atom. The number of benzene rings is 1. The second kappa shape index (κ2) is 9.34. The van der Waals surface area contributed by atoms with E-state index in [4.69, 9.17) is 9.40 Å². The highest BCUT2D eigenvalue weighted by Gasteiger charge is 2.20. The summed E-state index contributed by atoms with van der Waals surface area (Å²) in [4.78, 5) is 34.7. The lowest BCUT2D eigenvalue weighted by Gasteiger charge is -2.17. The molecule has 32 heavy (non-hydrogen) atoms. The molecule has 1 aromatic carbocycles. The van der Waals surface area contributed by atoms with E-state index in [-0.39, 0.29) is 17.2 Å². The van der Waals surface area contributed by atoms with Crippen LogP contribution in [0.25, 0.3) is 15.9 Å². The molecule has 0 saturated carbocycles. The van der Waals surface area contributed by atoms with Crippen molar-refractivity contribution in [2.45, 2.75) is 38.9 Å². The molecule has 0 radical (unpaired) electrons. The van der Waals surface area contributed by atoms with Gasteiger partial charge in [0.2, 0.25) is 5.91 Å². The van der Waals surface area contributed by atoms with Crippen LogP contribution in [0.1, 0.15) is 28.7 Å². The number of hydrogen-bond acceptors (Lipinski definition) is 6. The number of aromatic nitrogens is 2. The van der Waals surface area contributed by atoms with Crippen molar-refractivity contribution in [2.75, 3.05) is 12.8 Å². The minimum absolute atomic E-state index is 0.0619. The molecule has 6 nitrogen and oxygen atoms in total. The zero-order valence-corrected chi connectivity index (χ0v) is 20.2. The third-order valence-corrected chi connectivity index (χ3v) is 7.30. The van der Waals surface area contributed by atoms with E-state index >= 15 is 0 Å². The van der Waals surface area contributed by atoms with Crippen LogP contribution in [0, 0.1) is 13.8 Å². The number of amides is 1. The summed E-state index contributed by atoms with van der Waals surface area (Å²) in [7, 11) is 1.74. The molecule has 0 spiro atoms. The second-order valence-corrected chi connectivity index (χ2v) is 9.81. The van der Waals surface area contributed by atoms with E-state index in [9.17, 15) is 9.59 Å². The predicted molar refractivity (Wildman–Crippen MR) is 130 cm³/mol. The first-order valence-electron chi connectivity index (χ1n) is 10.4. The van der Waals surface area contributed by atoms with Gasteiger partial charge in [-0.15, -0.1) is 11.3 Å². The van der Waals surface area contributed by atoms with Gasteiger partial charge in [-0.2, -0.15) is 0 Å². The maximum absolute atomic E-state index is 13.7. The molecular weight excluding hydrogens is 442 g/mol. The number of nitrogens with zero attached hydrogens (tertiary/aromatic N) is 3. The maximum Gasteiger partial charge on any atom is 0.267 e. The van der Waals surface area contributed by atoms with Gasteiger partial charge in [0.05, 0.1) is 29.6 Å². The van der Waals surface area contributed by atoms with Gasteiger partial charge in [0.25, 0.3) is 5.56 Å². The standard InChI is InChI=1S/C24H25N3O3S2/c1-5-19-16(3)32-22-21(19)23(29)27(17-9-6-8-15(2)12-17)24(25-22)31-14-20(28)26(4)13-18-10-7-11-30-18/h6-12H,5,13-14H2,1-4H3. The van der Waals surface area contributed by atoms with E-state index < -0.39 is 0 Å². The molecule has 166 valence electrons. The minimum atomic E-state index is -0.0827. The first-order valence-corrected chi connectivity index (χ1v) is 12.2. The van der Waals surface area contributed by atoms with Gasteiger partial charge in [-0.1, -0.05) is 30.8 Å². The minimum Gasteiger partial charge on any atom is -0.467 e. The summed E-state index contributed by atoms with van der Waals surface area (Å²) in [5, 5.41) is 1.21. The average Bonchev–Trinajstić information content (AvgIpc) is 3.38. The van der Waals surface area contributed by atoms with Crippen LogP contribution in [0.4, 0.5) is 0 Å². The quantitative estimate of drug-likeness (QED) is 0.284. The number of carbonyl (C=O) groups excluding carboxylic acids is 1. The maximum atomic E-state index is 13.7. The summed E-state index contributed by atoms with van der Waals surface area (Å²) in [5.41, 5.74) is 2.78. The first kappa shape index (κ1) is 22.4. The fraction of sp³-hybridized carbons (Fsp3) is 0.292. The zero-order chi connectivity index (χ0) is 22.8. The van der Waals surface area contributed by atoms with Crippen molar-refractivity contribution < 1.29 is 9.21 Å². The topological polar surface area (TPSA) is 68.3 Å². The third kappa shape index (κ3) is 4.38. The monoisotopic (exact) mass is 467 g/mol. The third-order valence-electron chi connectivity index (χ3n) is 5.33. The van der Waals surface area contributed by atoms with E-state index in [0.29, 0.717) is 17.1 Å².